The first-order valence-electron chi connectivity index (χ1n) is 6.58. The number of rotatable bonds is 6. The highest BCUT2D eigenvalue weighted by molar-refractivity contribution is 5.77. The van der Waals surface area contributed by atoms with E-state index in [0.717, 1.165) is 18.7 Å². The van der Waals surface area contributed by atoms with Gasteiger partial charge in [0.05, 0.1) is 6.61 Å². The van der Waals surface area contributed by atoms with Crippen molar-refractivity contribution in [2.24, 2.45) is 7.05 Å². The second kappa shape index (κ2) is 6.52. The van der Waals surface area contributed by atoms with Crippen LogP contribution in [0.4, 0.5) is 0 Å². The van der Waals surface area contributed by atoms with Crippen molar-refractivity contribution in [2.45, 2.75) is 52.4 Å². The second-order valence-corrected chi connectivity index (χ2v) is 4.70. The maximum Gasteiger partial charge on any atom is 0.316 e. The number of esters is 1. The lowest BCUT2D eigenvalue weighted by Crippen LogP contribution is -2.19. The SMILES string of the molecule is CCCC(C(=O)OCC)c1nc(C(C)C)nn1C. The van der Waals surface area contributed by atoms with Crippen molar-refractivity contribution < 1.29 is 9.53 Å². The summed E-state index contributed by atoms with van der Waals surface area (Å²) >= 11 is 0. The van der Waals surface area contributed by atoms with Crippen molar-refractivity contribution in [3.63, 3.8) is 0 Å². The van der Waals surface area contributed by atoms with Gasteiger partial charge in [-0.25, -0.2) is 4.98 Å². The number of hydrogen-bond donors (Lipinski definition) is 0. The number of aromatic nitrogens is 3. The lowest BCUT2D eigenvalue weighted by atomic mass is 10.0. The average Bonchev–Trinajstić information content (AvgIpc) is 2.68. The van der Waals surface area contributed by atoms with Crippen molar-refractivity contribution in [3.8, 4) is 0 Å². The summed E-state index contributed by atoms with van der Waals surface area (Å²) in [6.45, 7) is 8.34. The number of carbonyl (C=O) groups is 1. The van der Waals surface area contributed by atoms with E-state index in [9.17, 15) is 4.79 Å². The van der Waals surface area contributed by atoms with Crippen LogP contribution in [0.3, 0.4) is 0 Å². The molecule has 0 radical (unpaired) electrons. The molecule has 5 nitrogen and oxygen atoms in total. The molecule has 0 bridgehead atoms. The van der Waals surface area contributed by atoms with Gasteiger partial charge < -0.3 is 4.74 Å². The van der Waals surface area contributed by atoms with E-state index in [1.54, 1.807) is 4.68 Å². The van der Waals surface area contributed by atoms with Gasteiger partial charge in [0, 0.05) is 13.0 Å². The van der Waals surface area contributed by atoms with E-state index in [2.05, 4.69) is 10.1 Å². The molecule has 0 aromatic carbocycles. The van der Waals surface area contributed by atoms with Crippen LogP contribution in [0, 0.1) is 0 Å². The van der Waals surface area contributed by atoms with Gasteiger partial charge in [-0.2, -0.15) is 5.10 Å². The second-order valence-electron chi connectivity index (χ2n) is 4.70. The van der Waals surface area contributed by atoms with Crippen molar-refractivity contribution in [2.75, 3.05) is 6.61 Å². The fraction of sp³-hybridized carbons (Fsp3) is 0.769. The quantitative estimate of drug-likeness (QED) is 0.730. The van der Waals surface area contributed by atoms with E-state index < -0.39 is 0 Å². The van der Waals surface area contributed by atoms with Gasteiger partial charge in [-0.1, -0.05) is 27.2 Å². The van der Waals surface area contributed by atoms with Crippen LogP contribution in [0.2, 0.25) is 0 Å². The first-order valence-corrected chi connectivity index (χ1v) is 6.58. The Kier molecular flexibility index (Phi) is 5.31. The van der Waals surface area contributed by atoms with Crippen LogP contribution >= 0.6 is 0 Å². The van der Waals surface area contributed by atoms with E-state index in [1.807, 2.05) is 34.7 Å². The molecule has 0 fully saturated rings. The van der Waals surface area contributed by atoms with Gasteiger partial charge in [-0.05, 0) is 13.3 Å². The van der Waals surface area contributed by atoms with Crippen LogP contribution in [-0.4, -0.2) is 27.3 Å². The summed E-state index contributed by atoms with van der Waals surface area (Å²) in [5.74, 6) is 1.23. The standard InChI is InChI=1S/C13H23N3O2/c1-6-8-10(13(17)18-7-2)12-14-11(9(3)4)15-16(12)5/h9-10H,6-8H2,1-5H3. The third-order valence-corrected chi connectivity index (χ3v) is 2.79. The number of aryl methyl sites for hydroxylation is 1. The minimum Gasteiger partial charge on any atom is -0.465 e. The summed E-state index contributed by atoms with van der Waals surface area (Å²) < 4.78 is 6.82. The monoisotopic (exact) mass is 253 g/mol. The molecular weight excluding hydrogens is 230 g/mol. The van der Waals surface area contributed by atoms with E-state index in [0.29, 0.717) is 12.4 Å². The minimum absolute atomic E-state index is 0.204. The Morgan fingerprint density at radius 2 is 2.06 bits per heavy atom. The lowest BCUT2D eigenvalue weighted by Gasteiger charge is -2.13. The zero-order valence-corrected chi connectivity index (χ0v) is 11.9. The van der Waals surface area contributed by atoms with Crippen LogP contribution in [0.15, 0.2) is 0 Å². The molecule has 1 rings (SSSR count). The maximum absolute atomic E-state index is 12.0. The Balaban J connectivity index is 3.01. The predicted molar refractivity (Wildman–Crippen MR) is 69.4 cm³/mol. The molecule has 1 aromatic heterocycles. The Bertz CT molecular complexity index is 399. The topological polar surface area (TPSA) is 57.0 Å². The molecule has 1 unspecified atom stereocenters. The molecule has 0 saturated heterocycles. The number of carbonyl (C=O) groups excluding carboxylic acids is 1. The molecule has 0 saturated carbocycles. The fourth-order valence-corrected chi connectivity index (χ4v) is 1.85. The van der Waals surface area contributed by atoms with Crippen LogP contribution in [0.25, 0.3) is 0 Å². The Morgan fingerprint density at radius 3 is 2.50 bits per heavy atom. The summed E-state index contributed by atoms with van der Waals surface area (Å²) in [6, 6.07) is 0. The molecule has 0 aliphatic heterocycles. The minimum atomic E-state index is -0.306. The summed E-state index contributed by atoms with van der Waals surface area (Å²) in [4.78, 5) is 16.4. The molecule has 102 valence electrons. The highest BCUT2D eigenvalue weighted by Crippen LogP contribution is 2.22. The van der Waals surface area contributed by atoms with Gasteiger partial charge in [-0.3, -0.25) is 9.48 Å². The van der Waals surface area contributed by atoms with Gasteiger partial charge >= 0.3 is 5.97 Å². The first-order chi connectivity index (χ1) is 8.51. The van der Waals surface area contributed by atoms with Gasteiger partial charge in [0.1, 0.15) is 11.7 Å². The van der Waals surface area contributed by atoms with Crippen molar-refractivity contribution in [1.82, 2.24) is 14.8 Å². The summed E-state index contributed by atoms with van der Waals surface area (Å²) in [5.41, 5.74) is 0. The van der Waals surface area contributed by atoms with Crippen molar-refractivity contribution in [1.29, 1.82) is 0 Å². The molecule has 0 aliphatic carbocycles. The Hall–Kier alpha value is -1.39. The van der Waals surface area contributed by atoms with Crippen LogP contribution in [0.1, 0.15) is 64.0 Å². The number of hydrogen-bond acceptors (Lipinski definition) is 4. The normalized spacial score (nSPS) is 12.8. The summed E-state index contributed by atoms with van der Waals surface area (Å²) in [7, 11) is 1.83. The summed E-state index contributed by atoms with van der Waals surface area (Å²) in [6.07, 6.45) is 1.65. The van der Waals surface area contributed by atoms with Crippen molar-refractivity contribution in [3.05, 3.63) is 11.6 Å². The zero-order valence-electron chi connectivity index (χ0n) is 11.9. The molecule has 18 heavy (non-hydrogen) atoms. The first kappa shape index (κ1) is 14.7. The van der Waals surface area contributed by atoms with Gasteiger partial charge in [0.2, 0.25) is 0 Å². The average molecular weight is 253 g/mol. The van der Waals surface area contributed by atoms with Gasteiger partial charge in [0.15, 0.2) is 5.82 Å². The molecule has 0 amide bonds. The smallest absolute Gasteiger partial charge is 0.316 e. The third-order valence-electron chi connectivity index (χ3n) is 2.79. The molecule has 5 heteroatoms. The highest BCUT2D eigenvalue weighted by Gasteiger charge is 2.27. The highest BCUT2D eigenvalue weighted by atomic mass is 16.5. The predicted octanol–water partition coefficient (Wildman–Crippen LogP) is 2.39. The lowest BCUT2D eigenvalue weighted by molar-refractivity contribution is -0.145. The van der Waals surface area contributed by atoms with Gasteiger partial charge in [0.25, 0.3) is 0 Å². The van der Waals surface area contributed by atoms with Crippen molar-refractivity contribution >= 4 is 5.97 Å². The largest absolute Gasteiger partial charge is 0.465 e. The Morgan fingerprint density at radius 1 is 1.39 bits per heavy atom. The number of nitrogens with zero attached hydrogens (tertiary/aromatic N) is 3. The molecule has 1 heterocycles. The Labute approximate surface area is 109 Å². The van der Waals surface area contributed by atoms with E-state index in [-0.39, 0.29) is 17.8 Å². The molecule has 0 N–H and O–H groups in total. The fourth-order valence-electron chi connectivity index (χ4n) is 1.85. The number of ether oxygens (including phenoxy) is 1. The molecule has 1 aromatic rings. The summed E-state index contributed by atoms with van der Waals surface area (Å²) in [5, 5.41) is 4.35. The van der Waals surface area contributed by atoms with Crippen LogP contribution < -0.4 is 0 Å². The molecule has 0 aliphatic rings. The van der Waals surface area contributed by atoms with Crippen LogP contribution in [0.5, 0.6) is 0 Å². The van der Waals surface area contributed by atoms with E-state index in [4.69, 9.17) is 4.74 Å². The third kappa shape index (κ3) is 3.31. The van der Waals surface area contributed by atoms with E-state index >= 15 is 0 Å². The molecule has 0 spiro atoms. The van der Waals surface area contributed by atoms with Crippen LogP contribution in [-0.2, 0) is 16.6 Å². The maximum atomic E-state index is 12.0. The molecule has 1 atom stereocenters. The van der Waals surface area contributed by atoms with E-state index in [1.165, 1.54) is 0 Å². The zero-order chi connectivity index (χ0) is 13.7. The molecular formula is C13H23N3O2. The van der Waals surface area contributed by atoms with Gasteiger partial charge in [-0.15, -0.1) is 0 Å².